The van der Waals surface area contributed by atoms with Crippen LogP contribution in [-0.4, -0.2) is 23.6 Å². The zero-order valence-electron chi connectivity index (χ0n) is 7.03. The summed E-state index contributed by atoms with van der Waals surface area (Å²) in [7, 11) is 0. The Balaban J connectivity index is 1.82. The maximum atomic E-state index is 11.0. The summed E-state index contributed by atoms with van der Waals surface area (Å²) in [6.45, 7) is 1.18. The van der Waals surface area contributed by atoms with Crippen molar-refractivity contribution in [2.75, 3.05) is 6.61 Å². The van der Waals surface area contributed by atoms with Gasteiger partial charge in [0.2, 0.25) is 0 Å². The summed E-state index contributed by atoms with van der Waals surface area (Å²) in [5.41, 5.74) is 2.76. The maximum Gasteiger partial charge on any atom is 0.323 e. The molecule has 0 radical (unpaired) electrons. The molecule has 1 aromatic rings. The molecule has 1 aliphatic rings. The highest BCUT2D eigenvalue weighted by Gasteiger charge is 2.25. The van der Waals surface area contributed by atoms with Crippen LogP contribution in [0, 0.1) is 0 Å². The molecule has 4 nitrogen and oxygen atoms in total. The van der Waals surface area contributed by atoms with Crippen LogP contribution < -0.4 is 5.32 Å². The largest absolute Gasteiger partial charge is 0.464 e. The third-order valence-corrected chi connectivity index (χ3v) is 2.58. The van der Waals surface area contributed by atoms with E-state index in [2.05, 4.69) is 10.3 Å². The predicted octanol–water partition coefficient (Wildman–Crippen LogP) is 0.548. The molecule has 1 atom stereocenters. The molecule has 1 fully saturated rings. The summed E-state index contributed by atoms with van der Waals surface area (Å²) in [5, 5.41) is 5.07. The third-order valence-electron chi connectivity index (χ3n) is 1.95. The number of thiazole rings is 1. The van der Waals surface area contributed by atoms with Gasteiger partial charge in [-0.25, -0.2) is 4.98 Å². The SMILES string of the molecule is O=C1OCCC1NCc1cscn1. The maximum absolute atomic E-state index is 11.0. The average molecular weight is 198 g/mol. The van der Waals surface area contributed by atoms with E-state index in [4.69, 9.17) is 4.74 Å². The van der Waals surface area contributed by atoms with E-state index in [9.17, 15) is 4.79 Å². The molecule has 0 aromatic carbocycles. The molecule has 1 aromatic heterocycles. The van der Waals surface area contributed by atoms with E-state index in [1.54, 1.807) is 16.8 Å². The van der Waals surface area contributed by atoms with Crippen LogP contribution in [0.3, 0.4) is 0 Å². The van der Waals surface area contributed by atoms with Crippen molar-refractivity contribution in [1.29, 1.82) is 0 Å². The van der Waals surface area contributed by atoms with Crippen molar-refractivity contribution in [3.8, 4) is 0 Å². The quantitative estimate of drug-likeness (QED) is 0.720. The molecule has 70 valence electrons. The molecule has 0 saturated carbocycles. The number of carbonyl (C=O) groups is 1. The van der Waals surface area contributed by atoms with Crippen LogP contribution in [0.4, 0.5) is 0 Å². The van der Waals surface area contributed by atoms with Gasteiger partial charge in [-0.3, -0.25) is 10.1 Å². The highest BCUT2D eigenvalue weighted by Crippen LogP contribution is 2.07. The van der Waals surface area contributed by atoms with Gasteiger partial charge < -0.3 is 4.74 Å². The number of rotatable bonds is 3. The summed E-state index contributed by atoms with van der Waals surface area (Å²) in [6.07, 6.45) is 0.767. The molecule has 0 amide bonds. The lowest BCUT2D eigenvalue weighted by Crippen LogP contribution is -2.32. The molecule has 1 saturated heterocycles. The number of hydrogen-bond donors (Lipinski definition) is 1. The van der Waals surface area contributed by atoms with E-state index in [1.807, 2.05) is 5.38 Å². The Labute approximate surface area is 79.9 Å². The molecule has 13 heavy (non-hydrogen) atoms. The van der Waals surface area contributed by atoms with Gasteiger partial charge in [0.1, 0.15) is 6.04 Å². The number of cyclic esters (lactones) is 1. The van der Waals surface area contributed by atoms with Gasteiger partial charge >= 0.3 is 5.97 Å². The normalized spacial score (nSPS) is 21.8. The minimum absolute atomic E-state index is 0.137. The molecule has 1 N–H and O–H groups in total. The Kier molecular flexibility index (Phi) is 2.56. The van der Waals surface area contributed by atoms with Gasteiger partial charge in [-0.15, -0.1) is 11.3 Å². The van der Waals surface area contributed by atoms with Gasteiger partial charge in [-0.2, -0.15) is 0 Å². The Bertz CT molecular complexity index is 286. The van der Waals surface area contributed by atoms with E-state index in [1.165, 1.54) is 0 Å². The van der Waals surface area contributed by atoms with Crippen molar-refractivity contribution in [3.05, 3.63) is 16.6 Å². The zero-order chi connectivity index (χ0) is 9.10. The summed E-state index contributed by atoms with van der Waals surface area (Å²) < 4.78 is 4.82. The molecule has 0 spiro atoms. The second-order valence-electron chi connectivity index (χ2n) is 2.87. The highest BCUT2D eigenvalue weighted by atomic mass is 32.1. The van der Waals surface area contributed by atoms with E-state index >= 15 is 0 Å². The first kappa shape index (κ1) is 8.65. The molecule has 5 heteroatoms. The fourth-order valence-electron chi connectivity index (χ4n) is 1.23. The van der Waals surface area contributed by atoms with Crippen molar-refractivity contribution in [3.63, 3.8) is 0 Å². The van der Waals surface area contributed by atoms with E-state index in [0.717, 1.165) is 12.1 Å². The number of nitrogens with one attached hydrogen (secondary N) is 1. The lowest BCUT2D eigenvalue weighted by Gasteiger charge is -2.05. The van der Waals surface area contributed by atoms with Crippen LogP contribution in [0.25, 0.3) is 0 Å². The first-order chi connectivity index (χ1) is 6.36. The second-order valence-corrected chi connectivity index (χ2v) is 3.59. The predicted molar refractivity (Wildman–Crippen MR) is 48.3 cm³/mol. The van der Waals surface area contributed by atoms with Crippen LogP contribution in [-0.2, 0) is 16.1 Å². The third kappa shape index (κ3) is 2.05. The first-order valence-electron chi connectivity index (χ1n) is 4.13. The molecular weight excluding hydrogens is 188 g/mol. The Morgan fingerprint density at radius 2 is 2.69 bits per heavy atom. The first-order valence-corrected chi connectivity index (χ1v) is 5.07. The number of nitrogens with zero attached hydrogens (tertiary/aromatic N) is 1. The van der Waals surface area contributed by atoms with Crippen molar-refractivity contribution >= 4 is 17.3 Å². The number of esters is 1. The lowest BCUT2D eigenvalue weighted by atomic mass is 10.2. The molecule has 0 aliphatic carbocycles. The monoisotopic (exact) mass is 198 g/mol. The van der Waals surface area contributed by atoms with Crippen molar-refractivity contribution in [2.24, 2.45) is 0 Å². The van der Waals surface area contributed by atoms with Crippen LogP contribution in [0.1, 0.15) is 12.1 Å². The molecule has 2 heterocycles. The minimum Gasteiger partial charge on any atom is -0.464 e. The van der Waals surface area contributed by atoms with E-state index < -0.39 is 0 Å². The van der Waals surface area contributed by atoms with Crippen molar-refractivity contribution < 1.29 is 9.53 Å². The fraction of sp³-hybridized carbons (Fsp3) is 0.500. The average Bonchev–Trinajstić information content (AvgIpc) is 2.72. The fourth-order valence-corrected chi connectivity index (χ4v) is 1.79. The van der Waals surface area contributed by atoms with Gasteiger partial charge in [0.05, 0.1) is 17.8 Å². The van der Waals surface area contributed by atoms with Crippen LogP contribution >= 0.6 is 11.3 Å². The highest BCUT2D eigenvalue weighted by molar-refractivity contribution is 7.07. The molecule has 1 aliphatic heterocycles. The molecule has 1 unspecified atom stereocenters. The smallest absolute Gasteiger partial charge is 0.323 e. The summed E-state index contributed by atoms with van der Waals surface area (Å²) >= 11 is 1.56. The van der Waals surface area contributed by atoms with Crippen molar-refractivity contribution in [2.45, 2.75) is 19.0 Å². The Hall–Kier alpha value is -0.940. The van der Waals surface area contributed by atoms with Gasteiger partial charge in [-0.05, 0) is 0 Å². The van der Waals surface area contributed by atoms with Crippen LogP contribution in [0.5, 0.6) is 0 Å². The zero-order valence-corrected chi connectivity index (χ0v) is 7.84. The summed E-state index contributed by atoms with van der Waals surface area (Å²) in [6, 6.07) is -0.137. The van der Waals surface area contributed by atoms with Gasteiger partial charge in [0, 0.05) is 18.3 Å². The molecule has 0 bridgehead atoms. The number of ether oxygens (including phenoxy) is 1. The minimum atomic E-state index is -0.143. The van der Waals surface area contributed by atoms with Crippen LogP contribution in [0.15, 0.2) is 10.9 Å². The van der Waals surface area contributed by atoms with Gasteiger partial charge in [-0.1, -0.05) is 0 Å². The lowest BCUT2D eigenvalue weighted by molar-refractivity contribution is -0.139. The standard InChI is InChI=1S/C8H10N2O2S/c11-8-7(1-2-12-8)9-3-6-4-13-5-10-6/h4-5,7,9H,1-3H2. The van der Waals surface area contributed by atoms with Gasteiger partial charge in [0.25, 0.3) is 0 Å². The van der Waals surface area contributed by atoms with E-state index in [0.29, 0.717) is 13.2 Å². The summed E-state index contributed by atoms with van der Waals surface area (Å²) in [5.74, 6) is -0.143. The number of aromatic nitrogens is 1. The summed E-state index contributed by atoms with van der Waals surface area (Å²) in [4.78, 5) is 15.1. The molecule has 2 rings (SSSR count). The van der Waals surface area contributed by atoms with E-state index in [-0.39, 0.29) is 12.0 Å². The van der Waals surface area contributed by atoms with Gasteiger partial charge in [0.15, 0.2) is 0 Å². The van der Waals surface area contributed by atoms with Crippen LogP contribution in [0.2, 0.25) is 0 Å². The molecular formula is C8H10N2O2S. The Morgan fingerprint density at radius 1 is 1.77 bits per heavy atom. The van der Waals surface area contributed by atoms with Crippen molar-refractivity contribution in [1.82, 2.24) is 10.3 Å². The topological polar surface area (TPSA) is 51.2 Å². The Morgan fingerprint density at radius 3 is 3.31 bits per heavy atom. The number of carbonyl (C=O) groups excluding carboxylic acids is 1. The number of hydrogen-bond acceptors (Lipinski definition) is 5. The second kappa shape index (κ2) is 3.85.